The fourth-order valence-corrected chi connectivity index (χ4v) is 2.62. The van der Waals surface area contributed by atoms with Crippen molar-refractivity contribution in [1.29, 1.82) is 0 Å². The topological polar surface area (TPSA) is 18.5 Å². The van der Waals surface area contributed by atoms with Gasteiger partial charge in [-0.1, -0.05) is 37.0 Å². The molecule has 24 heavy (non-hydrogen) atoms. The van der Waals surface area contributed by atoms with E-state index in [1.54, 1.807) is 36.4 Å². The first-order chi connectivity index (χ1) is 11.3. The minimum atomic E-state index is -0.171. The van der Waals surface area contributed by atoms with E-state index in [4.69, 9.17) is 44.3 Å². The number of ether oxygens (including phenoxy) is 2. The van der Waals surface area contributed by atoms with Crippen LogP contribution in [0.1, 0.15) is 20.3 Å². The van der Waals surface area contributed by atoms with Crippen molar-refractivity contribution in [2.75, 3.05) is 6.61 Å². The number of hydrogen-bond acceptors (Lipinski definition) is 2. The minimum Gasteiger partial charge on any atom is -0.494 e. The normalized spacial score (nSPS) is 12.1. The average Bonchev–Trinajstić information content (AvgIpc) is 2.51. The van der Waals surface area contributed by atoms with Crippen LogP contribution in [-0.2, 0) is 0 Å². The lowest BCUT2D eigenvalue weighted by Gasteiger charge is -2.21. The third kappa shape index (κ3) is 6.64. The smallest absolute Gasteiger partial charge is 0.190 e. The molecule has 0 fully saturated rings. The molecule has 0 unspecified atom stereocenters. The first-order valence-electron chi connectivity index (χ1n) is 7.54. The third-order valence-corrected chi connectivity index (χ3v) is 4.05. The molecule has 0 aliphatic rings. The Morgan fingerprint density at radius 3 is 1.96 bits per heavy atom. The van der Waals surface area contributed by atoms with Crippen LogP contribution in [-0.4, -0.2) is 6.61 Å². The molecule has 0 spiro atoms. The van der Waals surface area contributed by atoms with Gasteiger partial charge in [0.2, 0.25) is 0 Å². The summed E-state index contributed by atoms with van der Waals surface area (Å²) in [5, 5.41) is 1.67. The summed E-state index contributed by atoms with van der Waals surface area (Å²) in [6.45, 7) is 4.72. The van der Waals surface area contributed by atoms with Crippen LogP contribution < -0.4 is 9.47 Å². The van der Waals surface area contributed by atoms with E-state index in [-0.39, 0.29) is 5.41 Å². The third-order valence-electron chi connectivity index (χ3n) is 3.36. The SMILES string of the molecule is CC(C)(/C=C(/Cl)Oc1ccc(Cl)cc1)CCOc1ccc(Cl)cc1. The molecule has 0 saturated heterocycles. The number of allylic oxidation sites excluding steroid dienone is 1. The molecule has 0 amide bonds. The predicted molar refractivity (Wildman–Crippen MR) is 101 cm³/mol. The summed E-state index contributed by atoms with van der Waals surface area (Å²) in [6, 6.07) is 14.4. The minimum absolute atomic E-state index is 0.171. The molecule has 0 aromatic heterocycles. The quantitative estimate of drug-likeness (QED) is 0.480. The van der Waals surface area contributed by atoms with Crippen molar-refractivity contribution < 1.29 is 9.47 Å². The van der Waals surface area contributed by atoms with E-state index in [0.717, 1.165) is 12.2 Å². The van der Waals surface area contributed by atoms with Crippen molar-refractivity contribution in [3.8, 4) is 11.5 Å². The first kappa shape index (κ1) is 19.0. The molecule has 2 rings (SSSR count). The van der Waals surface area contributed by atoms with Crippen LogP contribution in [0.25, 0.3) is 0 Å². The Morgan fingerprint density at radius 2 is 1.42 bits per heavy atom. The van der Waals surface area contributed by atoms with Crippen molar-refractivity contribution in [3.63, 3.8) is 0 Å². The second-order valence-electron chi connectivity index (χ2n) is 6.05. The van der Waals surface area contributed by atoms with Gasteiger partial charge in [-0.3, -0.25) is 0 Å². The van der Waals surface area contributed by atoms with Gasteiger partial charge in [0.05, 0.1) is 6.61 Å². The Labute approximate surface area is 157 Å². The molecule has 2 aromatic carbocycles. The molecule has 0 aliphatic heterocycles. The Bertz CT molecular complexity index is 677. The lowest BCUT2D eigenvalue weighted by atomic mass is 9.90. The predicted octanol–water partition coefficient (Wildman–Crippen LogP) is 6.95. The molecule has 2 nitrogen and oxygen atoms in total. The van der Waals surface area contributed by atoms with Crippen molar-refractivity contribution >= 4 is 34.8 Å². The molecule has 128 valence electrons. The highest BCUT2D eigenvalue weighted by Gasteiger charge is 2.17. The monoisotopic (exact) mass is 384 g/mol. The fourth-order valence-electron chi connectivity index (χ4n) is 1.99. The molecular weight excluding hydrogens is 367 g/mol. The molecule has 0 aliphatic carbocycles. The highest BCUT2D eigenvalue weighted by Crippen LogP contribution is 2.28. The van der Waals surface area contributed by atoms with Crippen molar-refractivity contribution in [2.45, 2.75) is 20.3 Å². The molecule has 0 bridgehead atoms. The van der Waals surface area contributed by atoms with Crippen LogP contribution in [0.4, 0.5) is 0 Å². The van der Waals surface area contributed by atoms with Gasteiger partial charge in [0.1, 0.15) is 11.5 Å². The second kappa shape index (κ2) is 8.66. The fraction of sp³-hybridized carbons (Fsp3) is 0.263. The second-order valence-corrected chi connectivity index (χ2v) is 7.29. The van der Waals surface area contributed by atoms with Crippen LogP contribution in [0.5, 0.6) is 11.5 Å². The summed E-state index contributed by atoms with van der Waals surface area (Å²) in [6.07, 6.45) is 2.67. The highest BCUT2D eigenvalue weighted by atomic mass is 35.5. The van der Waals surface area contributed by atoms with Crippen LogP contribution in [0.3, 0.4) is 0 Å². The first-order valence-corrected chi connectivity index (χ1v) is 8.68. The summed E-state index contributed by atoms with van der Waals surface area (Å²) in [5.74, 6) is 1.44. The molecule has 2 aromatic rings. The number of halogens is 3. The lowest BCUT2D eigenvalue weighted by Crippen LogP contribution is -2.14. The zero-order valence-electron chi connectivity index (χ0n) is 13.6. The molecular formula is C19H19Cl3O2. The summed E-state index contributed by atoms with van der Waals surface area (Å²) >= 11 is 17.9. The maximum Gasteiger partial charge on any atom is 0.190 e. The summed E-state index contributed by atoms with van der Waals surface area (Å²) in [4.78, 5) is 0. The van der Waals surface area contributed by atoms with E-state index in [9.17, 15) is 0 Å². The lowest BCUT2D eigenvalue weighted by molar-refractivity contribution is 0.258. The van der Waals surface area contributed by atoms with Gasteiger partial charge in [0.15, 0.2) is 5.22 Å². The largest absolute Gasteiger partial charge is 0.494 e. The van der Waals surface area contributed by atoms with E-state index in [1.165, 1.54) is 0 Å². The van der Waals surface area contributed by atoms with E-state index in [2.05, 4.69) is 13.8 Å². The zero-order chi connectivity index (χ0) is 17.6. The van der Waals surface area contributed by atoms with Gasteiger partial charge in [0.25, 0.3) is 0 Å². The number of benzene rings is 2. The maximum absolute atomic E-state index is 6.20. The molecule has 0 radical (unpaired) electrons. The summed E-state index contributed by atoms with van der Waals surface area (Å²) in [7, 11) is 0. The van der Waals surface area contributed by atoms with Crippen LogP contribution in [0.15, 0.2) is 59.8 Å². The van der Waals surface area contributed by atoms with E-state index < -0.39 is 0 Å². The van der Waals surface area contributed by atoms with E-state index >= 15 is 0 Å². The molecule has 5 heteroatoms. The van der Waals surface area contributed by atoms with Crippen LogP contribution in [0, 0.1) is 5.41 Å². The number of hydrogen-bond donors (Lipinski definition) is 0. The Balaban J connectivity index is 1.86. The Morgan fingerprint density at radius 1 is 0.917 bits per heavy atom. The van der Waals surface area contributed by atoms with Gasteiger partial charge in [-0.25, -0.2) is 0 Å². The maximum atomic E-state index is 6.20. The van der Waals surface area contributed by atoms with Crippen molar-refractivity contribution in [3.05, 3.63) is 69.9 Å². The van der Waals surface area contributed by atoms with Crippen molar-refractivity contribution in [2.24, 2.45) is 5.41 Å². The van der Waals surface area contributed by atoms with E-state index in [0.29, 0.717) is 27.6 Å². The Hall–Kier alpha value is -1.35. The van der Waals surface area contributed by atoms with Gasteiger partial charge in [-0.2, -0.15) is 0 Å². The van der Waals surface area contributed by atoms with Crippen LogP contribution >= 0.6 is 34.8 Å². The zero-order valence-corrected chi connectivity index (χ0v) is 15.8. The average molecular weight is 386 g/mol. The Kier molecular flexibility index (Phi) is 6.85. The van der Waals surface area contributed by atoms with Gasteiger partial charge in [-0.05, 0) is 78.0 Å². The molecule has 0 heterocycles. The molecule has 0 saturated carbocycles. The molecule has 0 atom stereocenters. The van der Waals surface area contributed by atoms with Gasteiger partial charge < -0.3 is 9.47 Å². The van der Waals surface area contributed by atoms with Gasteiger partial charge in [0, 0.05) is 10.0 Å². The van der Waals surface area contributed by atoms with E-state index in [1.807, 2.05) is 18.2 Å². The highest BCUT2D eigenvalue weighted by molar-refractivity contribution is 6.31. The standard InChI is InChI=1S/C19H19Cl3O2/c1-19(2,11-12-23-16-7-3-14(20)4-8-16)13-18(22)24-17-9-5-15(21)6-10-17/h3-10,13H,11-12H2,1-2H3/b18-13-. The number of rotatable bonds is 7. The molecule has 0 N–H and O–H groups in total. The van der Waals surface area contributed by atoms with Gasteiger partial charge >= 0.3 is 0 Å². The van der Waals surface area contributed by atoms with Gasteiger partial charge in [-0.15, -0.1) is 0 Å². The summed E-state index contributed by atoms with van der Waals surface area (Å²) in [5.41, 5.74) is -0.171. The van der Waals surface area contributed by atoms with Crippen molar-refractivity contribution in [1.82, 2.24) is 0 Å². The summed E-state index contributed by atoms with van der Waals surface area (Å²) < 4.78 is 11.3. The van der Waals surface area contributed by atoms with Crippen LogP contribution in [0.2, 0.25) is 10.0 Å².